The maximum Gasteiger partial charge on any atom is 0.219 e. The molecular weight excluding hydrogens is 409 g/mol. The minimum atomic E-state index is -0.351. The van der Waals surface area contributed by atoms with Crippen LogP contribution in [0.25, 0.3) is 0 Å². The lowest BCUT2D eigenvalue weighted by Gasteiger charge is -2.37. The first-order valence-electron chi connectivity index (χ1n) is 10.5. The molecule has 0 radical (unpaired) electrons. The maximum absolute atomic E-state index is 13.3. The number of phenolic OH excluding ortho intramolecular Hbond substituents is 1. The molecule has 2 aromatic carbocycles. The number of para-hydroxylation sites is 2. The van der Waals surface area contributed by atoms with Gasteiger partial charge in [0.05, 0.1) is 5.69 Å². The number of nitrogens with zero attached hydrogens (tertiary/aromatic N) is 4. The molecule has 0 saturated carbocycles. The second-order valence-electron chi connectivity index (χ2n) is 7.43. The number of pyridine rings is 1. The largest absolute Gasteiger partial charge is 0.506 e. The van der Waals surface area contributed by atoms with Crippen LogP contribution in [0, 0.1) is 5.82 Å². The smallest absolute Gasteiger partial charge is 0.219 e. The Morgan fingerprint density at radius 1 is 1.09 bits per heavy atom. The molecule has 0 amide bonds. The molecule has 0 bridgehead atoms. The van der Waals surface area contributed by atoms with Gasteiger partial charge in [-0.3, -0.25) is 4.99 Å². The molecule has 0 spiro atoms. The van der Waals surface area contributed by atoms with Crippen LogP contribution in [-0.4, -0.2) is 54.2 Å². The zero-order valence-corrected chi connectivity index (χ0v) is 17.9. The van der Waals surface area contributed by atoms with Gasteiger partial charge in [0, 0.05) is 58.1 Å². The van der Waals surface area contributed by atoms with Crippen LogP contribution in [0.3, 0.4) is 0 Å². The fourth-order valence-corrected chi connectivity index (χ4v) is 3.63. The maximum atomic E-state index is 13.3. The Morgan fingerprint density at radius 2 is 1.91 bits per heavy atom. The van der Waals surface area contributed by atoms with Crippen LogP contribution in [-0.2, 0) is 6.54 Å². The fraction of sp³-hybridized carbons (Fsp3) is 0.250. The van der Waals surface area contributed by atoms with Gasteiger partial charge in [-0.2, -0.15) is 0 Å². The van der Waals surface area contributed by atoms with E-state index in [1.807, 2.05) is 24.3 Å². The summed E-state index contributed by atoms with van der Waals surface area (Å²) in [6.07, 6.45) is 1.73. The third-order valence-corrected chi connectivity index (χ3v) is 5.28. The van der Waals surface area contributed by atoms with E-state index in [4.69, 9.17) is 4.74 Å². The summed E-state index contributed by atoms with van der Waals surface area (Å²) in [5.41, 5.74) is 1.84. The molecular formula is C24H26FN5O2. The molecule has 1 aliphatic heterocycles. The van der Waals surface area contributed by atoms with E-state index in [2.05, 4.69) is 25.1 Å². The average Bonchev–Trinajstić information content (AvgIpc) is 2.81. The van der Waals surface area contributed by atoms with E-state index in [1.54, 1.807) is 37.5 Å². The van der Waals surface area contributed by atoms with E-state index < -0.39 is 0 Å². The van der Waals surface area contributed by atoms with Crippen molar-refractivity contribution in [1.29, 1.82) is 0 Å². The Kier molecular flexibility index (Phi) is 6.69. The third-order valence-electron chi connectivity index (χ3n) is 5.28. The number of aliphatic imine (C=N–C) groups is 1. The first-order chi connectivity index (χ1) is 15.6. The highest BCUT2D eigenvalue weighted by atomic mass is 19.1. The monoisotopic (exact) mass is 435 g/mol. The first-order valence-corrected chi connectivity index (χ1v) is 10.5. The van der Waals surface area contributed by atoms with Crippen molar-refractivity contribution in [1.82, 2.24) is 15.2 Å². The van der Waals surface area contributed by atoms with Crippen LogP contribution < -0.4 is 15.0 Å². The molecule has 0 atom stereocenters. The number of benzene rings is 2. The highest BCUT2D eigenvalue weighted by Crippen LogP contribution is 2.27. The molecule has 32 heavy (non-hydrogen) atoms. The third kappa shape index (κ3) is 5.26. The predicted molar refractivity (Wildman–Crippen MR) is 123 cm³/mol. The van der Waals surface area contributed by atoms with Gasteiger partial charge < -0.3 is 25.0 Å². The Balaban J connectivity index is 1.29. The molecule has 166 valence electrons. The van der Waals surface area contributed by atoms with Crippen molar-refractivity contribution < 1.29 is 14.2 Å². The molecule has 0 aliphatic carbocycles. The molecule has 4 rings (SSSR count). The number of guanidine groups is 1. The summed E-state index contributed by atoms with van der Waals surface area (Å²) in [5, 5.41) is 13.5. The lowest BCUT2D eigenvalue weighted by Crippen LogP contribution is -2.52. The number of aromatic hydroxyl groups is 1. The van der Waals surface area contributed by atoms with Crippen molar-refractivity contribution in [2.75, 3.05) is 38.1 Å². The normalized spacial score (nSPS) is 14.4. The van der Waals surface area contributed by atoms with Crippen LogP contribution in [0.5, 0.6) is 17.4 Å². The van der Waals surface area contributed by atoms with E-state index in [9.17, 15) is 9.50 Å². The number of piperazine rings is 1. The number of rotatable bonds is 5. The molecule has 2 N–H and O–H groups in total. The van der Waals surface area contributed by atoms with Gasteiger partial charge >= 0.3 is 0 Å². The molecule has 1 saturated heterocycles. The number of hydrogen-bond acceptors (Lipinski definition) is 5. The Morgan fingerprint density at radius 3 is 2.59 bits per heavy atom. The Hall–Kier alpha value is -3.81. The van der Waals surface area contributed by atoms with Gasteiger partial charge in [0.1, 0.15) is 17.3 Å². The lowest BCUT2D eigenvalue weighted by atomic mass is 10.2. The number of anilines is 1. The van der Waals surface area contributed by atoms with Crippen molar-refractivity contribution >= 4 is 11.6 Å². The second kappa shape index (κ2) is 10.00. The minimum absolute atomic E-state index is 0.306. The van der Waals surface area contributed by atoms with Crippen molar-refractivity contribution in [3.05, 3.63) is 78.2 Å². The zero-order valence-electron chi connectivity index (χ0n) is 17.9. The summed E-state index contributed by atoms with van der Waals surface area (Å²) in [7, 11) is 1.77. The summed E-state index contributed by atoms with van der Waals surface area (Å²) in [6, 6.07) is 17.1. The summed E-state index contributed by atoms with van der Waals surface area (Å²) < 4.78 is 18.9. The summed E-state index contributed by atoms with van der Waals surface area (Å²) in [6.45, 7) is 3.76. The highest BCUT2D eigenvalue weighted by Gasteiger charge is 2.21. The lowest BCUT2D eigenvalue weighted by molar-refractivity contribution is 0.369. The van der Waals surface area contributed by atoms with Gasteiger partial charge in [-0.15, -0.1) is 0 Å². The summed E-state index contributed by atoms with van der Waals surface area (Å²) in [4.78, 5) is 13.1. The van der Waals surface area contributed by atoms with E-state index >= 15 is 0 Å². The van der Waals surface area contributed by atoms with E-state index in [0.717, 1.165) is 43.4 Å². The van der Waals surface area contributed by atoms with Crippen LogP contribution in [0.15, 0.2) is 71.9 Å². The predicted octanol–water partition coefficient (Wildman–Crippen LogP) is 3.62. The van der Waals surface area contributed by atoms with Crippen molar-refractivity contribution in [2.45, 2.75) is 6.54 Å². The van der Waals surface area contributed by atoms with Gasteiger partial charge in [0.15, 0.2) is 5.96 Å². The number of halogens is 1. The Labute approximate surface area is 186 Å². The standard InChI is InChI=1S/C24H26FN5O2/c1-26-24(30-13-11-29(12-14-30)21-7-2-3-8-22(21)31)28-17-18-9-10-23(27-16-18)32-20-6-4-5-19(25)15-20/h2-10,15-16,31H,11-14,17H2,1H3,(H,26,28). The molecule has 0 unspecified atom stereocenters. The molecule has 1 fully saturated rings. The summed E-state index contributed by atoms with van der Waals surface area (Å²) >= 11 is 0. The van der Waals surface area contributed by atoms with E-state index in [1.165, 1.54) is 12.1 Å². The van der Waals surface area contributed by atoms with E-state index in [0.29, 0.717) is 23.9 Å². The van der Waals surface area contributed by atoms with Crippen molar-refractivity contribution in [2.24, 2.45) is 4.99 Å². The molecule has 3 aromatic rings. The second-order valence-corrected chi connectivity index (χ2v) is 7.43. The minimum Gasteiger partial charge on any atom is -0.506 e. The van der Waals surface area contributed by atoms with Gasteiger partial charge in [-0.1, -0.05) is 24.3 Å². The molecule has 2 heterocycles. The van der Waals surface area contributed by atoms with Crippen molar-refractivity contribution in [3.8, 4) is 17.4 Å². The first kappa shape index (κ1) is 21.4. The zero-order chi connectivity index (χ0) is 22.3. The molecule has 8 heteroatoms. The van der Waals surface area contributed by atoms with Gasteiger partial charge in [-0.05, 0) is 29.8 Å². The molecule has 7 nitrogen and oxygen atoms in total. The van der Waals surface area contributed by atoms with Gasteiger partial charge in [0.25, 0.3) is 0 Å². The van der Waals surface area contributed by atoms with Crippen LogP contribution in [0.4, 0.5) is 10.1 Å². The van der Waals surface area contributed by atoms with Gasteiger partial charge in [-0.25, -0.2) is 9.37 Å². The number of nitrogens with one attached hydrogen (secondary N) is 1. The number of hydrogen-bond donors (Lipinski definition) is 2. The van der Waals surface area contributed by atoms with Crippen LogP contribution >= 0.6 is 0 Å². The number of ether oxygens (including phenoxy) is 1. The SMILES string of the molecule is CN=C(NCc1ccc(Oc2cccc(F)c2)nc1)N1CCN(c2ccccc2O)CC1. The Bertz CT molecular complexity index is 1070. The number of aromatic nitrogens is 1. The molecule has 1 aliphatic rings. The van der Waals surface area contributed by atoms with Crippen LogP contribution in [0.2, 0.25) is 0 Å². The average molecular weight is 436 g/mol. The van der Waals surface area contributed by atoms with Crippen molar-refractivity contribution in [3.63, 3.8) is 0 Å². The highest BCUT2D eigenvalue weighted by molar-refractivity contribution is 5.80. The summed E-state index contributed by atoms with van der Waals surface area (Å²) in [5.74, 6) is 1.59. The van der Waals surface area contributed by atoms with Crippen LogP contribution in [0.1, 0.15) is 5.56 Å². The number of phenols is 1. The van der Waals surface area contributed by atoms with E-state index in [-0.39, 0.29) is 5.82 Å². The molecule has 1 aromatic heterocycles. The topological polar surface area (TPSA) is 73.2 Å². The van der Waals surface area contributed by atoms with Gasteiger partial charge in [0.2, 0.25) is 5.88 Å². The fourth-order valence-electron chi connectivity index (χ4n) is 3.63. The quantitative estimate of drug-likeness (QED) is 0.471.